The number of rotatable bonds is 4. The molecular weight excluding hydrogens is 244 g/mol. The summed E-state index contributed by atoms with van der Waals surface area (Å²) in [6.07, 6.45) is 1.61. The van der Waals surface area contributed by atoms with E-state index in [0.717, 1.165) is 24.3 Å². The lowest BCUT2D eigenvalue weighted by molar-refractivity contribution is 0.189. The van der Waals surface area contributed by atoms with Gasteiger partial charge in [0.25, 0.3) is 0 Å². The number of nitrogens with zero attached hydrogens (tertiary/aromatic N) is 2. The molecule has 2 heterocycles. The normalized spacial score (nSPS) is 18.7. The van der Waals surface area contributed by atoms with Gasteiger partial charge in [-0.25, -0.2) is 0 Å². The Bertz CT molecular complexity index is 547. The fraction of sp³-hybridized carbons (Fsp3) is 0.429. The van der Waals surface area contributed by atoms with E-state index in [2.05, 4.69) is 10.1 Å². The zero-order valence-corrected chi connectivity index (χ0v) is 10.8. The van der Waals surface area contributed by atoms with Gasteiger partial charge < -0.3 is 14.0 Å². The Balaban J connectivity index is 1.72. The van der Waals surface area contributed by atoms with Crippen molar-refractivity contribution in [1.82, 2.24) is 10.1 Å². The molecule has 5 nitrogen and oxygen atoms in total. The molecule has 100 valence electrons. The molecule has 1 aromatic heterocycles. The highest BCUT2D eigenvalue weighted by Gasteiger charge is 2.23. The second-order valence-electron chi connectivity index (χ2n) is 4.64. The Morgan fingerprint density at radius 1 is 1.42 bits per heavy atom. The van der Waals surface area contributed by atoms with Crippen molar-refractivity contribution in [2.24, 2.45) is 0 Å². The molecule has 3 rings (SSSR count). The first-order chi connectivity index (χ1) is 9.35. The van der Waals surface area contributed by atoms with Crippen LogP contribution in [0, 0.1) is 0 Å². The number of aromatic nitrogens is 2. The first-order valence-electron chi connectivity index (χ1n) is 6.38. The molecule has 0 saturated carbocycles. The zero-order chi connectivity index (χ0) is 13.1. The molecule has 1 aliphatic rings. The third-order valence-electron chi connectivity index (χ3n) is 3.26. The van der Waals surface area contributed by atoms with Gasteiger partial charge in [0.2, 0.25) is 5.89 Å². The Labute approximate surface area is 111 Å². The molecule has 1 aliphatic heterocycles. The molecule has 0 spiro atoms. The van der Waals surface area contributed by atoms with Gasteiger partial charge in [-0.05, 0) is 24.1 Å². The van der Waals surface area contributed by atoms with E-state index in [1.165, 1.54) is 0 Å². The molecule has 0 aliphatic carbocycles. The monoisotopic (exact) mass is 260 g/mol. The van der Waals surface area contributed by atoms with Crippen molar-refractivity contribution in [3.05, 3.63) is 41.5 Å². The summed E-state index contributed by atoms with van der Waals surface area (Å²) in [5.41, 5.74) is 1.11. The van der Waals surface area contributed by atoms with Gasteiger partial charge in [-0.3, -0.25) is 0 Å². The van der Waals surface area contributed by atoms with E-state index in [1.54, 1.807) is 7.11 Å². The number of benzene rings is 1. The van der Waals surface area contributed by atoms with Crippen molar-refractivity contribution in [3.63, 3.8) is 0 Å². The van der Waals surface area contributed by atoms with Crippen molar-refractivity contribution in [1.29, 1.82) is 0 Å². The lowest BCUT2D eigenvalue weighted by Crippen LogP contribution is -1.98. The summed E-state index contributed by atoms with van der Waals surface area (Å²) < 4.78 is 15.8. The second kappa shape index (κ2) is 5.40. The minimum atomic E-state index is 0.256. The number of hydrogen-bond donors (Lipinski definition) is 0. The van der Waals surface area contributed by atoms with Gasteiger partial charge >= 0.3 is 0 Å². The van der Waals surface area contributed by atoms with Gasteiger partial charge in [-0.1, -0.05) is 17.3 Å². The molecule has 0 amide bonds. The first kappa shape index (κ1) is 12.2. The SMILES string of the molecule is COc1cccc(Cc2noc(C3CCOC3)n2)c1. The average Bonchev–Trinajstić information content (AvgIpc) is 3.09. The molecule has 0 bridgehead atoms. The van der Waals surface area contributed by atoms with Crippen LogP contribution in [0.3, 0.4) is 0 Å². The minimum absolute atomic E-state index is 0.256. The van der Waals surface area contributed by atoms with Gasteiger partial charge in [-0.15, -0.1) is 0 Å². The molecule has 1 saturated heterocycles. The molecular formula is C14H16N2O3. The molecule has 0 N–H and O–H groups in total. The largest absolute Gasteiger partial charge is 0.497 e. The van der Waals surface area contributed by atoms with Crippen LogP contribution in [0.5, 0.6) is 5.75 Å². The zero-order valence-electron chi connectivity index (χ0n) is 10.8. The van der Waals surface area contributed by atoms with Crippen molar-refractivity contribution < 1.29 is 14.0 Å². The van der Waals surface area contributed by atoms with Gasteiger partial charge in [0.05, 0.1) is 19.6 Å². The van der Waals surface area contributed by atoms with E-state index < -0.39 is 0 Å². The summed E-state index contributed by atoms with van der Waals surface area (Å²) in [4.78, 5) is 4.44. The number of ether oxygens (including phenoxy) is 2. The summed E-state index contributed by atoms with van der Waals surface area (Å²) in [7, 11) is 1.66. The Kier molecular flexibility index (Phi) is 3.46. The molecule has 1 fully saturated rings. The fourth-order valence-corrected chi connectivity index (χ4v) is 2.20. The minimum Gasteiger partial charge on any atom is -0.497 e. The topological polar surface area (TPSA) is 57.4 Å². The molecule has 2 aromatic rings. The lowest BCUT2D eigenvalue weighted by Gasteiger charge is -2.01. The fourth-order valence-electron chi connectivity index (χ4n) is 2.20. The van der Waals surface area contributed by atoms with Crippen molar-refractivity contribution in [2.45, 2.75) is 18.8 Å². The van der Waals surface area contributed by atoms with E-state index in [4.69, 9.17) is 14.0 Å². The summed E-state index contributed by atoms with van der Waals surface area (Å²) in [5, 5.41) is 4.03. The highest BCUT2D eigenvalue weighted by Crippen LogP contribution is 2.24. The van der Waals surface area contributed by atoms with Crippen LogP contribution in [0.15, 0.2) is 28.8 Å². The third kappa shape index (κ3) is 2.76. The maximum atomic E-state index is 5.33. The standard InChI is InChI=1S/C14H16N2O3/c1-17-12-4-2-3-10(7-12)8-13-15-14(19-16-13)11-5-6-18-9-11/h2-4,7,11H,5-6,8-9H2,1H3. The summed E-state index contributed by atoms with van der Waals surface area (Å²) in [5.74, 6) is 2.49. The van der Waals surface area contributed by atoms with Gasteiger partial charge in [0.1, 0.15) is 5.75 Å². The lowest BCUT2D eigenvalue weighted by atomic mass is 10.1. The molecule has 1 atom stereocenters. The van der Waals surface area contributed by atoms with E-state index >= 15 is 0 Å². The van der Waals surface area contributed by atoms with E-state index in [-0.39, 0.29) is 5.92 Å². The van der Waals surface area contributed by atoms with E-state index in [9.17, 15) is 0 Å². The van der Waals surface area contributed by atoms with E-state index in [1.807, 2.05) is 24.3 Å². The van der Waals surface area contributed by atoms with Crippen LogP contribution in [-0.4, -0.2) is 30.5 Å². The van der Waals surface area contributed by atoms with Crippen LogP contribution in [0.1, 0.15) is 29.6 Å². The molecule has 5 heteroatoms. The predicted octanol–water partition coefficient (Wildman–Crippen LogP) is 2.17. The van der Waals surface area contributed by atoms with Crippen molar-refractivity contribution in [2.75, 3.05) is 20.3 Å². The molecule has 0 radical (unpaired) electrons. The van der Waals surface area contributed by atoms with Crippen LogP contribution >= 0.6 is 0 Å². The molecule has 19 heavy (non-hydrogen) atoms. The predicted molar refractivity (Wildman–Crippen MR) is 68.3 cm³/mol. The van der Waals surface area contributed by atoms with Crippen LogP contribution in [0.4, 0.5) is 0 Å². The number of hydrogen-bond acceptors (Lipinski definition) is 5. The van der Waals surface area contributed by atoms with Gasteiger partial charge in [0.15, 0.2) is 5.82 Å². The third-order valence-corrected chi connectivity index (χ3v) is 3.26. The maximum absolute atomic E-state index is 5.33. The summed E-state index contributed by atoms with van der Waals surface area (Å²) in [6.45, 7) is 1.46. The Morgan fingerprint density at radius 3 is 3.16 bits per heavy atom. The van der Waals surface area contributed by atoms with Gasteiger partial charge in [-0.2, -0.15) is 4.98 Å². The van der Waals surface area contributed by atoms with Crippen LogP contribution < -0.4 is 4.74 Å². The first-order valence-corrected chi connectivity index (χ1v) is 6.38. The van der Waals surface area contributed by atoms with Crippen LogP contribution in [0.25, 0.3) is 0 Å². The highest BCUT2D eigenvalue weighted by atomic mass is 16.5. The molecule has 1 aromatic carbocycles. The average molecular weight is 260 g/mol. The van der Waals surface area contributed by atoms with E-state index in [0.29, 0.717) is 24.7 Å². The maximum Gasteiger partial charge on any atom is 0.232 e. The summed E-state index contributed by atoms with van der Waals surface area (Å²) >= 11 is 0. The molecule has 1 unspecified atom stereocenters. The number of methoxy groups -OCH3 is 1. The summed E-state index contributed by atoms with van der Waals surface area (Å²) in [6, 6.07) is 7.88. The highest BCUT2D eigenvalue weighted by molar-refractivity contribution is 5.30. The second-order valence-corrected chi connectivity index (χ2v) is 4.64. The van der Waals surface area contributed by atoms with Gasteiger partial charge in [0, 0.05) is 13.0 Å². The smallest absolute Gasteiger partial charge is 0.232 e. The quantitative estimate of drug-likeness (QED) is 0.843. The van der Waals surface area contributed by atoms with Crippen molar-refractivity contribution >= 4 is 0 Å². The van der Waals surface area contributed by atoms with Crippen molar-refractivity contribution in [3.8, 4) is 5.75 Å². The van der Waals surface area contributed by atoms with Crippen LogP contribution in [-0.2, 0) is 11.2 Å². The Morgan fingerprint density at radius 2 is 2.37 bits per heavy atom. The van der Waals surface area contributed by atoms with Crippen LogP contribution in [0.2, 0.25) is 0 Å². The Hall–Kier alpha value is -1.88.